The van der Waals surface area contributed by atoms with Crippen LogP contribution >= 0.6 is 0 Å². The molecular weight excluding hydrogens is 222 g/mol. The number of hydrogen-bond donors (Lipinski definition) is 1. The maximum atomic E-state index is 5.79. The van der Waals surface area contributed by atoms with Crippen LogP contribution < -0.4 is 5.32 Å². The second-order valence-corrected chi connectivity index (χ2v) is 6.20. The first-order chi connectivity index (χ1) is 8.72. The Balaban J connectivity index is 1.92. The molecule has 2 nitrogen and oxygen atoms in total. The van der Waals surface area contributed by atoms with E-state index in [9.17, 15) is 0 Å². The smallest absolute Gasteiger partial charge is 0.109 e. The highest BCUT2D eigenvalue weighted by Gasteiger charge is 2.31. The van der Waals surface area contributed by atoms with Gasteiger partial charge in [0.25, 0.3) is 0 Å². The van der Waals surface area contributed by atoms with Gasteiger partial charge in [0.1, 0.15) is 5.76 Å². The molecule has 1 heterocycles. The van der Waals surface area contributed by atoms with Crippen molar-refractivity contribution < 1.29 is 4.74 Å². The predicted octanol–water partition coefficient (Wildman–Crippen LogP) is 3.73. The Labute approximate surface area is 112 Å². The van der Waals surface area contributed by atoms with Gasteiger partial charge in [-0.05, 0) is 56.1 Å². The Morgan fingerprint density at radius 2 is 1.89 bits per heavy atom. The summed E-state index contributed by atoms with van der Waals surface area (Å²) in [5, 5.41) is 3.65. The van der Waals surface area contributed by atoms with Crippen LogP contribution in [0.5, 0.6) is 0 Å². The average molecular weight is 251 g/mol. The summed E-state index contributed by atoms with van der Waals surface area (Å²) in [5.74, 6) is 3.81. The third-order valence-electron chi connectivity index (χ3n) is 4.69. The molecule has 2 heteroatoms. The van der Waals surface area contributed by atoms with Crippen molar-refractivity contribution in [1.82, 2.24) is 5.32 Å². The zero-order valence-electron chi connectivity index (χ0n) is 12.2. The fourth-order valence-electron chi connectivity index (χ4n) is 3.52. The van der Waals surface area contributed by atoms with Crippen LogP contribution in [0.25, 0.3) is 0 Å². The zero-order chi connectivity index (χ0) is 13.0. The van der Waals surface area contributed by atoms with Gasteiger partial charge in [0.05, 0.1) is 12.6 Å². The minimum atomic E-state index is 0.477. The fourth-order valence-corrected chi connectivity index (χ4v) is 3.52. The monoisotopic (exact) mass is 251 g/mol. The summed E-state index contributed by atoms with van der Waals surface area (Å²) < 4.78 is 5.79. The lowest BCUT2D eigenvalue weighted by Crippen LogP contribution is -2.40. The molecule has 104 valence electrons. The molecule has 0 aromatic rings. The van der Waals surface area contributed by atoms with Crippen LogP contribution in [-0.4, -0.2) is 19.2 Å². The van der Waals surface area contributed by atoms with Gasteiger partial charge in [0.15, 0.2) is 0 Å². The van der Waals surface area contributed by atoms with Crippen molar-refractivity contribution in [3.8, 4) is 0 Å². The van der Waals surface area contributed by atoms with Crippen LogP contribution in [0.1, 0.15) is 52.9 Å². The summed E-state index contributed by atoms with van der Waals surface area (Å²) in [5.41, 5.74) is 0. The molecule has 0 aromatic heterocycles. The van der Waals surface area contributed by atoms with E-state index < -0.39 is 0 Å². The van der Waals surface area contributed by atoms with Gasteiger partial charge < -0.3 is 10.1 Å². The molecule has 1 N–H and O–H groups in total. The zero-order valence-corrected chi connectivity index (χ0v) is 12.2. The fraction of sp³-hybridized carbons (Fsp3) is 0.875. The van der Waals surface area contributed by atoms with Crippen LogP contribution in [-0.2, 0) is 4.74 Å². The van der Waals surface area contributed by atoms with Gasteiger partial charge >= 0.3 is 0 Å². The number of ether oxygens (including phenoxy) is 1. The summed E-state index contributed by atoms with van der Waals surface area (Å²) >= 11 is 0. The molecule has 0 aromatic carbocycles. The SMILES string of the molecule is CCNC(C1=CCCO1)C1CCC(C(C)C)CC1. The first-order valence-corrected chi connectivity index (χ1v) is 7.78. The molecule has 18 heavy (non-hydrogen) atoms. The number of nitrogens with one attached hydrogen (secondary N) is 1. The second-order valence-electron chi connectivity index (χ2n) is 6.20. The third-order valence-corrected chi connectivity index (χ3v) is 4.69. The molecule has 0 saturated heterocycles. The molecule has 1 fully saturated rings. The Kier molecular flexibility index (Phi) is 5.11. The largest absolute Gasteiger partial charge is 0.496 e. The molecule has 2 rings (SSSR count). The standard InChI is InChI=1S/C16H29NO/c1-4-17-16(15-6-5-11-18-15)14-9-7-13(8-10-14)12(2)3/h6,12-14,16-17H,4-5,7-11H2,1-3H3. The van der Waals surface area contributed by atoms with E-state index in [1.54, 1.807) is 0 Å². The second kappa shape index (κ2) is 6.60. The molecule has 0 amide bonds. The molecule has 0 bridgehead atoms. The lowest BCUT2D eigenvalue weighted by atomic mass is 9.74. The van der Waals surface area contributed by atoms with Crippen LogP contribution in [0.15, 0.2) is 11.8 Å². The Hall–Kier alpha value is -0.500. The summed E-state index contributed by atoms with van der Waals surface area (Å²) in [4.78, 5) is 0. The summed E-state index contributed by atoms with van der Waals surface area (Å²) in [6.45, 7) is 8.86. The van der Waals surface area contributed by atoms with Crippen LogP contribution in [0, 0.1) is 17.8 Å². The molecular formula is C16H29NO. The van der Waals surface area contributed by atoms with Gasteiger partial charge in [-0.3, -0.25) is 0 Å². The summed E-state index contributed by atoms with van der Waals surface area (Å²) in [6.07, 6.45) is 8.91. The molecule has 0 radical (unpaired) electrons. The minimum absolute atomic E-state index is 0.477. The number of rotatable bonds is 5. The van der Waals surface area contributed by atoms with E-state index in [-0.39, 0.29) is 0 Å². The van der Waals surface area contributed by atoms with Crippen molar-refractivity contribution in [3.63, 3.8) is 0 Å². The minimum Gasteiger partial charge on any atom is -0.496 e. The van der Waals surface area contributed by atoms with E-state index in [1.807, 2.05) is 0 Å². The van der Waals surface area contributed by atoms with Gasteiger partial charge in [-0.1, -0.05) is 20.8 Å². The first-order valence-electron chi connectivity index (χ1n) is 7.78. The van der Waals surface area contributed by atoms with E-state index in [0.29, 0.717) is 6.04 Å². The van der Waals surface area contributed by atoms with E-state index in [0.717, 1.165) is 37.3 Å². The maximum Gasteiger partial charge on any atom is 0.109 e. The number of hydrogen-bond acceptors (Lipinski definition) is 2. The van der Waals surface area contributed by atoms with Crippen LogP contribution in [0.4, 0.5) is 0 Å². The Morgan fingerprint density at radius 1 is 1.22 bits per heavy atom. The normalized spacial score (nSPS) is 30.1. The highest BCUT2D eigenvalue weighted by molar-refractivity contribution is 5.09. The Morgan fingerprint density at radius 3 is 2.39 bits per heavy atom. The molecule has 0 spiro atoms. The average Bonchev–Trinajstić information content (AvgIpc) is 2.90. The summed E-state index contributed by atoms with van der Waals surface area (Å²) in [6, 6.07) is 0.477. The maximum absolute atomic E-state index is 5.79. The van der Waals surface area contributed by atoms with E-state index in [1.165, 1.54) is 31.4 Å². The summed E-state index contributed by atoms with van der Waals surface area (Å²) in [7, 11) is 0. The molecule has 1 atom stereocenters. The van der Waals surface area contributed by atoms with E-state index in [4.69, 9.17) is 4.74 Å². The molecule has 1 aliphatic heterocycles. The third kappa shape index (κ3) is 3.28. The van der Waals surface area contributed by atoms with Gasteiger partial charge in [-0.25, -0.2) is 0 Å². The Bertz CT molecular complexity index is 277. The van der Waals surface area contributed by atoms with Gasteiger partial charge in [-0.15, -0.1) is 0 Å². The highest BCUT2D eigenvalue weighted by atomic mass is 16.5. The molecule has 1 unspecified atom stereocenters. The van der Waals surface area contributed by atoms with Crippen molar-refractivity contribution in [2.45, 2.75) is 58.9 Å². The van der Waals surface area contributed by atoms with Crippen molar-refractivity contribution >= 4 is 0 Å². The van der Waals surface area contributed by atoms with Crippen molar-refractivity contribution in [2.24, 2.45) is 17.8 Å². The molecule has 2 aliphatic rings. The van der Waals surface area contributed by atoms with Crippen LogP contribution in [0.2, 0.25) is 0 Å². The van der Waals surface area contributed by atoms with Gasteiger partial charge in [0.2, 0.25) is 0 Å². The van der Waals surface area contributed by atoms with Gasteiger partial charge in [-0.2, -0.15) is 0 Å². The van der Waals surface area contributed by atoms with Crippen LogP contribution in [0.3, 0.4) is 0 Å². The predicted molar refractivity (Wildman–Crippen MR) is 76.4 cm³/mol. The van der Waals surface area contributed by atoms with Crippen molar-refractivity contribution in [3.05, 3.63) is 11.8 Å². The quantitative estimate of drug-likeness (QED) is 0.804. The van der Waals surface area contributed by atoms with Crippen molar-refractivity contribution in [1.29, 1.82) is 0 Å². The molecule has 1 aliphatic carbocycles. The van der Waals surface area contributed by atoms with Crippen molar-refractivity contribution in [2.75, 3.05) is 13.2 Å². The van der Waals surface area contributed by atoms with E-state index >= 15 is 0 Å². The lowest BCUT2D eigenvalue weighted by Gasteiger charge is -2.36. The molecule has 1 saturated carbocycles. The van der Waals surface area contributed by atoms with Gasteiger partial charge in [0, 0.05) is 6.42 Å². The first kappa shape index (κ1) is 13.9. The number of likely N-dealkylation sites (N-methyl/N-ethyl adjacent to an activating group) is 1. The topological polar surface area (TPSA) is 21.3 Å². The van der Waals surface area contributed by atoms with E-state index in [2.05, 4.69) is 32.2 Å². The highest BCUT2D eigenvalue weighted by Crippen LogP contribution is 2.37. The lowest BCUT2D eigenvalue weighted by molar-refractivity contribution is 0.152.